The molecule has 0 saturated carbocycles. The third kappa shape index (κ3) is 5.36. The van der Waals surface area contributed by atoms with E-state index in [4.69, 9.17) is 4.42 Å². The number of nitrogens with zero attached hydrogens (tertiary/aromatic N) is 3. The highest BCUT2D eigenvalue weighted by atomic mass is 32.1. The Morgan fingerprint density at radius 2 is 1.87 bits per heavy atom. The number of hydrogen-bond donors (Lipinski definition) is 1. The van der Waals surface area contributed by atoms with Crippen molar-refractivity contribution in [1.82, 2.24) is 20.1 Å². The first kappa shape index (κ1) is 20.8. The Labute approximate surface area is 181 Å². The van der Waals surface area contributed by atoms with E-state index < -0.39 is 0 Å². The van der Waals surface area contributed by atoms with Crippen LogP contribution in [0.25, 0.3) is 10.8 Å². The molecular formula is C23H28N4O2S. The smallest absolute Gasteiger partial charge is 0.271 e. The lowest BCUT2D eigenvalue weighted by atomic mass is 10.2. The van der Waals surface area contributed by atoms with E-state index in [9.17, 15) is 4.79 Å². The summed E-state index contributed by atoms with van der Waals surface area (Å²) in [5.41, 5.74) is 1.88. The fraction of sp³-hybridized carbons (Fsp3) is 0.391. The Morgan fingerprint density at radius 3 is 2.60 bits per heavy atom. The van der Waals surface area contributed by atoms with Crippen LogP contribution in [0.2, 0.25) is 0 Å². The van der Waals surface area contributed by atoms with Crippen molar-refractivity contribution < 1.29 is 9.21 Å². The van der Waals surface area contributed by atoms with Crippen molar-refractivity contribution in [2.75, 3.05) is 39.3 Å². The molecule has 3 aromatic rings. The molecule has 1 aromatic carbocycles. The second-order valence-corrected chi connectivity index (χ2v) is 8.82. The quantitative estimate of drug-likeness (QED) is 0.560. The van der Waals surface area contributed by atoms with E-state index >= 15 is 0 Å². The second-order valence-electron chi connectivity index (χ2n) is 7.61. The van der Waals surface area contributed by atoms with Gasteiger partial charge in [0.15, 0.2) is 10.8 Å². The third-order valence-electron chi connectivity index (χ3n) is 5.39. The number of thiazole rings is 1. The van der Waals surface area contributed by atoms with E-state index in [0.29, 0.717) is 18.0 Å². The van der Waals surface area contributed by atoms with Crippen molar-refractivity contribution in [3.8, 4) is 10.8 Å². The van der Waals surface area contributed by atoms with E-state index in [1.54, 1.807) is 6.26 Å². The highest BCUT2D eigenvalue weighted by molar-refractivity contribution is 7.15. The number of benzene rings is 1. The maximum Gasteiger partial charge on any atom is 0.271 e. The first-order valence-corrected chi connectivity index (χ1v) is 11.3. The van der Waals surface area contributed by atoms with Crippen molar-refractivity contribution in [1.29, 1.82) is 0 Å². The first-order valence-electron chi connectivity index (χ1n) is 10.5. The van der Waals surface area contributed by atoms with E-state index in [1.807, 2.05) is 19.1 Å². The van der Waals surface area contributed by atoms with Gasteiger partial charge in [-0.1, -0.05) is 30.3 Å². The molecule has 0 atom stereocenters. The van der Waals surface area contributed by atoms with Gasteiger partial charge in [-0.25, -0.2) is 4.98 Å². The zero-order valence-corrected chi connectivity index (χ0v) is 18.2. The SMILES string of the molecule is Cc1sc(-c2ccco2)nc1C(=O)NCCCN1CCN(Cc2ccccc2)CC1. The van der Waals surface area contributed by atoms with Crippen molar-refractivity contribution >= 4 is 17.2 Å². The molecule has 0 radical (unpaired) electrons. The summed E-state index contributed by atoms with van der Waals surface area (Å²) in [5.74, 6) is 0.600. The number of amides is 1. The summed E-state index contributed by atoms with van der Waals surface area (Å²) in [6.07, 6.45) is 2.56. The predicted octanol–water partition coefficient (Wildman–Crippen LogP) is 3.65. The lowest BCUT2D eigenvalue weighted by molar-refractivity contribution is 0.0942. The molecule has 1 N–H and O–H groups in total. The standard InChI is InChI=1S/C23H28N4O2S/c1-18-21(25-23(30-18)20-9-5-16-29-20)22(28)24-10-6-11-26-12-14-27(15-13-26)17-19-7-3-2-4-8-19/h2-5,7-9,16H,6,10-15,17H2,1H3,(H,24,28). The number of hydrogen-bond acceptors (Lipinski definition) is 6. The minimum atomic E-state index is -0.103. The van der Waals surface area contributed by atoms with Gasteiger partial charge in [0.1, 0.15) is 5.69 Å². The number of aromatic nitrogens is 1. The van der Waals surface area contributed by atoms with Crippen molar-refractivity contribution in [2.45, 2.75) is 19.9 Å². The van der Waals surface area contributed by atoms with Gasteiger partial charge < -0.3 is 14.6 Å². The Kier molecular flexibility index (Phi) is 6.94. The molecule has 30 heavy (non-hydrogen) atoms. The van der Waals surface area contributed by atoms with Gasteiger partial charge in [-0.15, -0.1) is 11.3 Å². The minimum absolute atomic E-state index is 0.103. The molecule has 4 rings (SSSR count). The van der Waals surface area contributed by atoms with Crippen LogP contribution < -0.4 is 5.32 Å². The van der Waals surface area contributed by atoms with Crippen LogP contribution in [0.4, 0.5) is 0 Å². The molecule has 1 aliphatic rings. The number of furan rings is 1. The molecule has 7 heteroatoms. The van der Waals surface area contributed by atoms with E-state index in [2.05, 4.69) is 50.4 Å². The van der Waals surface area contributed by atoms with E-state index in [-0.39, 0.29) is 5.91 Å². The monoisotopic (exact) mass is 424 g/mol. The summed E-state index contributed by atoms with van der Waals surface area (Å²) in [6.45, 7) is 8.97. The second kappa shape index (κ2) is 10.0. The molecule has 6 nitrogen and oxygen atoms in total. The summed E-state index contributed by atoms with van der Waals surface area (Å²) < 4.78 is 5.38. The Hall–Kier alpha value is -2.48. The summed E-state index contributed by atoms with van der Waals surface area (Å²) >= 11 is 1.48. The molecule has 0 aliphatic carbocycles. The average Bonchev–Trinajstić information content (AvgIpc) is 3.43. The van der Waals surface area contributed by atoms with Crippen molar-refractivity contribution in [3.63, 3.8) is 0 Å². The zero-order valence-electron chi connectivity index (χ0n) is 17.3. The van der Waals surface area contributed by atoms with E-state index in [0.717, 1.165) is 55.6 Å². The highest BCUT2D eigenvalue weighted by Gasteiger charge is 2.18. The van der Waals surface area contributed by atoms with Gasteiger partial charge in [-0.05, 0) is 37.6 Å². The van der Waals surface area contributed by atoms with Gasteiger partial charge in [-0.3, -0.25) is 9.69 Å². The molecule has 1 aliphatic heterocycles. The Balaban J connectivity index is 1.16. The number of nitrogens with one attached hydrogen (secondary N) is 1. The molecule has 1 fully saturated rings. The van der Waals surface area contributed by atoms with Crippen LogP contribution in [-0.2, 0) is 6.54 Å². The van der Waals surface area contributed by atoms with Crippen molar-refractivity contribution in [3.05, 3.63) is 64.9 Å². The third-order valence-corrected chi connectivity index (χ3v) is 6.38. The van der Waals surface area contributed by atoms with Gasteiger partial charge >= 0.3 is 0 Å². The lowest BCUT2D eigenvalue weighted by Gasteiger charge is -2.34. The number of aryl methyl sites for hydroxylation is 1. The molecular weight excluding hydrogens is 396 g/mol. The van der Waals surface area contributed by atoms with Crippen LogP contribution in [0.15, 0.2) is 53.1 Å². The maximum atomic E-state index is 12.5. The van der Waals surface area contributed by atoms with Crippen LogP contribution in [0, 0.1) is 6.92 Å². The molecule has 1 amide bonds. The highest BCUT2D eigenvalue weighted by Crippen LogP contribution is 2.27. The molecule has 3 heterocycles. The van der Waals surface area contributed by atoms with E-state index in [1.165, 1.54) is 16.9 Å². The number of rotatable bonds is 8. The molecule has 0 spiro atoms. The molecule has 1 saturated heterocycles. The topological polar surface area (TPSA) is 61.6 Å². The predicted molar refractivity (Wildman–Crippen MR) is 120 cm³/mol. The van der Waals surface area contributed by atoms with Gasteiger partial charge in [0.05, 0.1) is 6.26 Å². The van der Waals surface area contributed by atoms with Gasteiger partial charge in [0, 0.05) is 44.1 Å². The fourth-order valence-corrected chi connectivity index (χ4v) is 4.59. The normalized spacial score (nSPS) is 15.4. The van der Waals surface area contributed by atoms with Crippen LogP contribution >= 0.6 is 11.3 Å². The Bertz CT molecular complexity index is 932. The summed E-state index contributed by atoms with van der Waals surface area (Å²) in [7, 11) is 0. The molecule has 0 bridgehead atoms. The maximum absolute atomic E-state index is 12.5. The largest absolute Gasteiger partial charge is 0.462 e. The zero-order chi connectivity index (χ0) is 20.8. The van der Waals surface area contributed by atoms with Gasteiger partial charge in [0.25, 0.3) is 5.91 Å². The fourth-order valence-electron chi connectivity index (χ4n) is 3.71. The minimum Gasteiger partial charge on any atom is -0.462 e. The summed E-state index contributed by atoms with van der Waals surface area (Å²) in [5, 5.41) is 3.76. The average molecular weight is 425 g/mol. The molecule has 2 aromatic heterocycles. The van der Waals surface area contributed by atoms with Crippen LogP contribution in [0.3, 0.4) is 0 Å². The molecule has 158 valence electrons. The number of carbonyl (C=O) groups excluding carboxylic acids is 1. The van der Waals surface area contributed by atoms with Gasteiger partial charge in [-0.2, -0.15) is 0 Å². The van der Waals surface area contributed by atoms with Crippen molar-refractivity contribution in [2.24, 2.45) is 0 Å². The summed E-state index contributed by atoms with van der Waals surface area (Å²) in [6, 6.07) is 14.3. The molecule has 0 unspecified atom stereocenters. The summed E-state index contributed by atoms with van der Waals surface area (Å²) in [4.78, 5) is 22.9. The van der Waals surface area contributed by atoms with Crippen LogP contribution in [0.1, 0.15) is 27.3 Å². The number of piperazine rings is 1. The number of carbonyl (C=O) groups is 1. The first-order chi connectivity index (χ1) is 14.7. The van der Waals surface area contributed by atoms with Gasteiger partial charge in [0.2, 0.25) is 0 Å². The van der Waals surface area contributed by atoms with Crippen LogP contribution in [0.5, 0.6) is 0 Å². The van der Waals surface area contributed by atoms with Crippen LogP contribution in [-0.4, -0.2) is 60.0 Å². The lowest BCUT2D eigenvalue weighted by Crippen LogP contribution is -2.46. The Morgan fingerprint density at radius 1 is 1.10 bits per heavy atom.